The molecule has 17 heavy (non-hydrogen) atoms. The van der Waals surface area contributed by atoms with Crippen LogP contribution in [0.25, 0.3) is 0 Å². The first kappa shape index (κ1) is 13.3. The average molecular weight is 247 g/mol. The molecule has 0 aliphatic carbocycles. The first-order valence-electron chi connectivity index (χ1n) is 4.43. The molecule has 2 unspecified atom stereocenters. The number of aromatic hydroxyl groups is 1. The normalized spacial score (nSPS) is 15.1. The zero-order chi connectivity index (χ0) is 13.2. The van der Waals surface area contributed by atoms with E-state index in [4.69, 9.17) is 15.5 Å². The van der Waals surface area contributed by atoms with Gasteiger partial charge in [-0.15, -0.1) is 0 Å². The number of alkyl halides is 3. The number of nitriles is 1. The summed E-state index contributed by atoms with van der Waals surface area (Å²) in [6, 6.07) is 3.52. The summed E-state index contributed by atoms with van der Waals surface area (Å²) >= 11 is 0. The van der Waals surface area contributed by atoms with Crippen LogP contribution < -0.4 is 0 Å². The molecule has 1 aromatic carbocycles. The average Bonchev–Trinajstić information content (AvgIpc) is 2.26. The van der Waals surface area contributed by atoms with Crippen LogP contribution in [0.4, 0.5) is 13.2 Å². The SMILES string of the molecule is N#CC(O)C(O)c1ccc(O)c(C(F)(F)F)c1. The molecule has 92 valence electrons. The third-order valence-corrected chi connectivity index (χ3v) is 2.10. The minimum absolute atomic E-state index is 0.302. The van der Waals surface area contributed by atoms with E-state index in [-0.39, 0.29) is 5.56 Å². The van der Waals surface area contributed by atoms with Crippen LogP contribution in [0.1, 0.15) is 17.2 Å². The lowest BCUT2D eigenvalue weighted by atomic mass is 10.0. The molecule has 0 bridgehead atoms. The fraction of sp³-hybridized carbons (Fsp3) is 0.300. The summed E-state index contributed by atoms with van der Waals surface area (Å²) in [5.74, 6) is -0.986. The van der Waals surface area contributed by atoms with E-state index >= 15 is 0 Å². The Labute approximate surface area is 94.2 Å². The van der Waals surface area contributed by atoms with Crippen LogP contribution >= 0.6 is 0 Å². The van der Waals surface area contributed by atoms with Crippen LogP contribution in [-0.2, 0) is 6.18 Å². The molecule has 0 aliphatic rings. The molecule has 1 aromatic rings. The van der Waals surface area contributed by atoms with Gasteiger partial charge in [0.2, 0.25) is 0 Å². The van der Waals surface area contributed by atoms with E-state index in [1.807, 2.05) is 0 Å². The Balaban J connectivity index is 3.18. The van der Waals surface area contributed by atoms with Crippen molar-refractivity contribution in [3.8, 4) is 11.8 Å². The Morgan fingerprint density at radius 3 is 2.29 bits per heavy atom. The predicted octanol–water partition coefficient (Wildman–Crippen LogP) is 1.33. The lowest BCUT2D eigenvalue weighted by Crippen LogP contribution is -2.16. The molecule has 0 saturated carbocycles. The van der Waals surface area contributed by atoms with Gasteiger partial charge in [-0.05, 0) is 17.7 Å². The highest BCUT2D eigenvalue weighted by atomic mass is 19.4. The van der Waals surface area contributed by atoms with Gasteiger partial charge in [0.15, 0.2) is 6.10 Å². The maximum absolute atomic E-state index is 12.4. The Bertz CT molecular complexity index is 453. The van der Waals surface area contributed by atoms with Crippen molar-refractivity contribution in [2.24, 2.45) is 0 Å². The number of aliphatic hydroxyl groups is 2. The van der Waals surface area contributed by atoms with Crippen molar-refractivity contribution in [3.05, 3.63) is 29.3 Å². The molecule has 0 aromatic heterocycles. The van der Waals surface area contributed by atoms with Crippen molar-refractivity contribution in [3.63, 3.8) is 0 Å². The van der Waals surface area contributed by atoms with Gasteiger partial charge in [0, 0.05) is 0 Å². The van der Waals surface area contributed by atoms with Crippen LogP contribution in [0.2, 0.25) is 0 Å². The molecule has 0 amide bonds. The number of phenols is 1. The fourth-order valence-corrected chi connectivity index (χ4v) is 1.22. The van der Waals surface area contributed by atoms with Crippen molar-refractivity contribution in [2.75, 3.05) is 0 Å². The van der Waals surface area contributed by atoms with Gasteiger partial charge in [0.25, 0.3) is 0 Å². The first-order chi connectivity index (χ1) is 7.77. The van der Waals surface area contributed by atoms with Gasteiger partial charge in [-0.3, -0.25) is 0 Å². The van der Waals surface area contributed by atoms with Crippen molar-refractivity contribution < 1.29 is 28.5 Å². The van der Waals surface area contributed by atoms with Crippen LogP contribution in [0.5, 0.6) is 5.75 Å². The molecule has 4 nitrogen and oxygen atoms in total. The molecule has 0 fully saturated rings. The van der Waals surface area contributed by atoms with Crippen LogP contribution in [0, 0.1) is 11.3 Å². The highest BCUT2D eigenvalue weighted by Crippen LogP contribution is 2.37. The molecule has 0 heterocycles. The van der Waals surface area contributed by atoms with Gasteiger partial charge in [-0.1, -0.05) is 6.07 Å². The van der Waals surface area contributed by atoms with Crippen molar-refractivity contribution in [1.29, 1.82) is 5.26 Å². The highest BCUT2D eigenvalue weighted by Gasteiger charge is 2.34. The summed E-state index contributed by atoms with van der Waals surface area (Å²) in [7, 11) is 0. The maximum Gasteiger partial charge on any atom is 0.419 e. The third kappa shape index (κ3) is 2.87. The summed E-state index contributed by atoms with van der Waals surface area (Å²) in [4.78, 5) is 0. The van der Waals surface area contributed by atoms with Crippen molar-refractivity contribution in [2.45, 2.75) is 18.4 Å². The van der Waals surface area contributed by atoms with Crippen LogP contribution in [-0.4, -0.2) is 21.4 Å². The van der Waals surface area contributed by atoms with E-state index in [1.165, 1.54) is 6.07 Å². The third-order valence-electron chi connectivity index (χ3n) is 2.10. The number of phenolic OH excluding ortho intramolecular Hbond substituents is 1. The molecular weight excluding hydrogens is 239 g/mol. The van der Waals surface area contributed by atoms with E-state index in [0.29, 0.717) is 6.07 Å². The smallest absolute Gasteiger partial charge is 0.419 e. The molecular formula is C10H8F3NO3. The van der Waals surface area contributed by atoms with Crippen molar-refractivity contribution in [1.82, 2.24) is 0 Å². The zero-order valence-electron chi connectivity index (χ0n) is 8.31. The first-order valence-corrected chi connectivity index (χ1v) is 4.43. The Hall–Kier alpha value is -1.78. The second-order valence-electron chi connectivity index (χ2n) is 3.29. The largest absolute Gasteiger partial charge is 0.507 e. The molecule has 0 saturated heterocycles. The van der Waals surface area contributed by atoms with E-state index in [1.54, 1.807) is 0 Å². The van der Waals surface area contributed by atoms with Crippen LogP contribution in [0.15, 0.2) is 18.2 Å². The summed E-state index contributed by atoms with van der Waals surface area (Å²) in [6.07, 6.45) is -8.38. The lowest BCUT2D eigenvalue weighted by molar-refractivity contribution is -0.138. The number of rotatable bonds is 2. The number of benzene rings is 1. The Morgan fingerprint density at radius 2 is 1.82 bits per heavy atom. The maximum atomic E-state index is 12.4. The van der Waals surface area contributed by atoms with Gasteiger partial charge in [0.1, 0.15) is 11.9 Å². The lowest BCUT2D eigenvalue weighted by Gasteiger charge is -2.15. The standard InChI is InChI=1S/C10H8F3NO3/c11-10(12,13)6-3-5(1-2-7(6)15)9(17)8(16)4-14/h1-3,8-9,15-17H. The molecule has 2 atom stereocenters. The van der Waals surface area contributed by atoms with E-state index in [2.05, 4.69) is 0 Å². The molecule has 7 heteroatoms. The second kappa shape index (κ2) is 4.61. The summed E-state index contributed by atoms with van der Waals surface area (Å²) < 4.78 is 37.2. The van der Waals surface area contributed by atoms with E-state index < -0.39 is 29.7 Å². The predicted molar refractivity (Wildman–Crippen MR) is 49.7 cm³/mol. The molecule has 3 N–H and O–H groups in total. The van der Waals surface area contributed by atoms with Gasteiger partial charge < -0.3 is 15.3 Å². The number of hydrogen-bond acceptors (Lipinski definition) is 4. The summed E-state index contributed by atoms with van der Waals surface area (Å²) in [5, 5.41) is 35.7. The van der Waals surface area contributed by atoms with Gasteiger partial charge in [-0.2, -0.15) is 18.4 Å². The number of halogens is 3. The number of hydrogen-bond donors (Lipinski definition) is 3. The minimum atomic E-state index is -4.78. The van der Waals surface area contributed by atoms with Crippen LogP contribution in [0.3, 0.4) is 0 Å². The second-order valence-corrected chi connectivity index (χ2v) is 3.29. The molecule has 0 spiro atoms. The van der Waals surface area contributed by atoms with Gasteiger partial charge in [-0.25, -0.2) is 0 Å². The monoisotopic (exact) mass is 247 g/mol. The molecule has 0 aliphatic heterocycles. The summed E-state index contributed by atoms with van der Waals surface area (Å²) in [6.45, 7) is 0. The van der Waals surface area contributed by atoms with E-state index in [0.717, 1.165) is 12.1 Å². The Morgan fingerprint density at radius 1 is 1.24 bits per heavy atom. The zero-order valence-corrected chi connectivity index (χ0v) is 8.31. The topological polar surface area (TPSA) is 84.5 Å². The quantitative estimate of drug-likeness (QED) is 0.688. The Kier molecular flexibility index (Phi) is 3.60. The van der Waals surface area contributed by atoms with Crippen molar-refractivity contribution >= 4 is 0 Å². The molecule has 1 rings (SSSR count). The molecule has 0 radical (unpaired) electrons. The van der Waals surface area contributed by atoms with E-state index in [9.17, 15) is 18.3 Å². The minimum Gasteiger partial charge on any atom is -0.507 e. The summed E-state index contributed by atoms with van der Waals surface area (Å²) in [5.41, 5.74) is -1.64. The van der Waals surface area contributed by atoms with Gasteiger partial charge >= 0.3 is 6.18 Å². The highest BCUT2D eigenvalue weighted by molar-refractivity contribution is 5.39. The van der Waals surface area contributed by atoms with Gasteiger partial charge in [0.05, 0.1) is 11.6 Å². The number of aliphatic hydroxyl groups excluding tert-OH is 2. The number of nitrogens with zero attached hydrogens (tertiary/aromatic N) is 1. The fourth-order valence-electron chi connectivity index (χ4n) is 1.22.